The quantitative estimate of drug-likeness (QED) is 0.444. The summed E-state index contributed by atoms with van der Waals surface area (Å²) >= 11 is 1.58. The van der Waals surface area contributed by atoms with Gasteiger partial charge in [-0.3, -0.25) is 10.00 Å². The molecule has 0 radical (unpaired) electrons. The molecule has 1 unspecified atom stereocenters. The van der Waals surface area contributed by atoms with Gasteiger partial charge in [0.1, 0.15) is 5.82 Å². The monoisotopic (exact) mass is 411 g/mol. The molecule has 29 heavy (non-hydrogen) atoms. The SMILES string of the molecule is CC(c1nnc(-c2cccs2)o1)N(C)CCCc1cc(-c2ccc(F)cc2)n[nH]1. The van der Waals surface area contributed by atoms with Crippen molar-refractivity contribution in [2.45, 2.75) is 25.8 Å². The van der Waals surface area contributed by atoms with Gasteiger partial charge in [-0.15, -0.1) is 21.5 Å². The molecule has 3 aromatic heterocycles. The first kappa shape index (κ1) is 19.5. The van der Waals surface area contributed by atoms with Gasteiger partial charge in [-0.25, -0.2) is 4.39 Å². The second-order valence-electron chi connectivity index (χ2n) is 6.97. The minimum Gasteiger partial charge on any atom is -0.418 e. The summed E-state index contributed by atoms with van der Waals surface area (Å²) in [5, 5.41) is 17.8. The molecule has 0 amide bonds. The van der Waals surface area contributed by atoms with Crippen molar-refractivity contribution < 1.29 is 8.81 Å². The Balaban J connectivity index is 1.30. The largest absolute Gasteiger partial charge is 0.418 e. The van der Waals surface area contributed by atoms with Crippen molar-refractivity contribution in [1.82, 2.24) is 25.3 Å². The Morgan fingerprint density at radius 1 is 1.21 bits per heavy atom. The third kappa shape index (κ3) is 4.60. The molecule has 0 bridgehead atoms. The summed E-state index contributed by atoms with van der Waals surface area (Å²) in [6.07, 6.45) is 1.83. The molecule has 1 atom stereocenters. The van der Waals surface area contributed by atoms with E-state index < -0.39 is 0 Å². The predicted molar refractivity (Wildman–Crippen MR) is 111 cm³/mol. The zero-order chi connectivity index (χ0) is 20.2. The zero-order valence-corrected chi connectivity index (χ0v) is 17.1. The van der Waals surface area contributed by atoms with Crippen LogP contribution in [0.5, 0.6) is 0 Å². The van der Waals surface area contributed by atoms with E-state index >= 15 is 0 Å². The fourth-order valence-electron chi connectivity index (χ4n) is 3.06. The summed E-state index contributed by atoms with van der Waals surface area (Å²) in [5.41, 5.74) is 2.79. The number of rotatable bonds is 8. The van der Waals surface area contributed by atoms with Crippen molar-refractivity contribution in [3.63, 3.8) is 0 Å². The summed E-state index contributed by atoms with van der Waals surface area (Å²) < 4.78 is 18.9. The molecule has 1 aromatic carbocycles. The number of H-pyrrole nitrogens is 1. The normalized spacial score (nSPS) is 12.6. The third-order valence-corrected chi connectivity index (χ3v) is 5.78. The van der Waals surface area contributed by atoms with E-state index in [2.05, 4.69) is 39.3 Å². The van der Waals surface area contributed by atoms with Gasteiger partial charge in [-0.05, 0) is 75.1 Å². The Bertz CT molecular complexity index is 1040. The van der Waals surface area contributed by atoms with Crippen LogP contribution >= 0.6 is 11.3 Å². The number of aromatic amines is 1. The van der Waals surface area contributed by atoms with E-state index in [9.17, 15) is 4.39 Å². The van der Waals surface area contributed by atoms with Gasteiger partial charge in [0.25, 0.3) is 5.89 Å². The van der Waals surface area contributed by atoms with Crippen molar-refractivity contribution in [2.75, 3.05) is 13.6 Å². The molecule has 0 spiro atoms. The third-order valence-electron chi connectivity index (χ3n) is 4.92. The molecule has 0 fully saturated rings. The molecule has 150 valence electrons. The molecule has 3 heterocycles. The van der Waals surface area contributed by atoms with Crippen LogP contribution in [-0.4, -0.2) is 38.9 Å². The van der Waals surface area contributed by atoms with Gasteiger partial charge in [0.15, 0.2) is 0 Å². The van der Waals surface area contributed by atoms with Crippen LogP contribution in [0.3, 0.4) is 0 Å². The molecular formula is C21H22FN5OS. The van der Waals surface area contributed by atoms with Crippen LogP contribution in [-0.2, 0) is 6.42 Å². The molecule has 0 aliphatic carbocycles. The number of benzene rings is 1. The Morgan fingerprint density at radius 3 is 2.79 bits per heavy atom. The average Bonchev–Trinajstić information content (AvgIpc) is 3.48. The highest BCUT2D eigenvalue weighted by molar-refractivity contribution is 7.13. The van der Waals surface area contributed by atoms with E-state index in [1.165, 1.54) is 12.1 Å². The average molecular weight is 412 g/mol. The summed E-state index contributed by atoms with van der Waals surface area (Å²) in [7, 11) is 2.05. The minimum atomic E-state index is -0.245. The maximum Gasteiger partial charge on any atom is 0.257 e. The van der Waals surface area contributed by atoms with Crippen LogP contribution in [0.25, 0.3) is 22.0 Å². The maximum absolute atomic E-state index is 13.1. The summed E-state index contributed by atoms with van der Waals surface area (Å²) in [6, 6.07) is 12.4. The first-order valence-corrected chi connectivity index (χ1v) is 10.4. The fraction of sp³-hybridized carbons (Fsp3) is 0.286. The standard InChI is InChI=1S/C21H22FN5OS/c1-14(20-25-26-21(28-20)19-6-4-12-29-19)27(2)11-3-5-17-13-18(24-23-17)15-7-9-16(22)10-8-15/h4,6-10,12-14H,3,5,11H2,1-2H3,(H,23,24). The molecule has 0 aliphatic heterocycles. The van der Waals surface area contributed by atoms with Crippen LogP contribution < -0.4 is 0 Å². The second-order valence-corrected chi connectivity index (χ2v) is 7.92. The zero-order valence-electron chi connectivity index (χ0n) is 16.3. The minimum absolute atomic E-state index is 0.0350. The van der Waals surface area contributed by atoms with Crippen LogP contribution in [0.2, 0.25) is 0 Å². The van der Waals surface area contributed by atoms with E-state index in [1.54, 1.807) is 23.5 Å². The summed E-state index contributed by atoms with van der Waals surface area (Å²) in [4.78, 5) is 3.18. The topological polar surface area (TPSA) is 70.8 Å². The lowest BCUT2D eigenvalue weighted by molar-refractivity contribution is 0.223. The van der Waals surface area contributed by atoms with Crippen molar-refractivity contribution in [3.05, 3.63) is 65.2 Å². The van der Waals surface area contributed by atoms with Crippen molar-refractivity contribution in [3.8, 4) is 22.0 Å². The fourth-order valence-corrected chi connectivity index (χ4v) is 3.71. The van der Waals surface area contributed by atoms with Crippen molar-refractivity contribution >= 4 is 11.3 Å². The van der Waals surface area contributed by atoms with Crippen molar-refractivity contribution in [2.24, 2.45) is 0 Å². The number of halogens is 1. The number of nitrogens with one attached hydrogen (secondary N) is 1. The molecule has 1 N–H and O–H groups in total. The number of hydrogen-bond donors (Lipinski definition) is 1. The van der Waals surface area contributed by atoms with Gasteiger partial charge < -0.3 is 4.42 Å². The van der Waals surface area contributed by atoms with Crippen LogP contribution in [0.15, 0.2) is 52.3 Å². The first-order chi connectivity index (χ1) is 14.1. The highest BCUT2D eigenvalue weighted by atomic mass is 32.1. The van der Waals surface area contributed by atoms with E-state index in [4.69, 9.17) is 4.42 Å². The lowest BCUT2D eigenvalue weighted by atomic mass is 10.1. The molecule has 0 saturated carbocycles. The smallest absolute Gasteiger partial charge is 0.257 e. The van der Waals surface area contributed by atoms with Gasteiger partial charge in [-0.2, -0.15) is 5.10 Å². The van der Waals surface area contributed by atoms with Gasteiger partial charge in [-0.1, -0.05) is 6.07 Å². The predicted octanol–water partition coefficient (Wildman–Crippen LogP) is 4.95. The van der Waals surface area contributed by atoms with Crippen LogP contribution in [0.1, 0.15) is 31.0 Å². The molecule has 0 saturated heterocycles. The Morgan fingerprint density at radius 2 is 2.03 bits per heavy atom. The molecule has 4 rings (SSSR count). The Hall–Kier alpha value is -2.84. The van der Waals surface area contributed by atoms with Gasteiger partial charge in [0.2, 0.25) is 5.89 Å². The van der Waals surface area contributed by atoms with Crippen LogP contribution in [0.4, 0.5) is 4.39 Å². The van der Waals surface area contributed by atoms with Gasteiger partial charge in [0, 0.05) is 11.3 Å². The summed E-state index contributed by atoms with van der Waals surface area (Å²) in [5.74, 6) is 0.947. The number of hydrogen-bond acceptors (Lipinski definition) is 6. The molecule has 8 heteroatoms. The van der Waals surface area contributed by atoms with Crippen molar-refractivity contribution in [1.29, 1.82) is 0 Å². The van der Waals surface area contributed by atoms with Crippen LogP contribution in [0, 0.1) is 5.82 Å². The molecule has 6 nitrogen and oxygen atoms in total. The maximum atomic E-state index is 13.1. The number of aryl methyl sites for hydroxylation is 1. The lowest BCUT2D eigenvalue weighted by Gasteiger charge is -2.21. The first-order valence-electron chi connectivity index (χ1n) is 9.48. The van der Waals surface area contributed by atoms with E-state index in [-0.39, 0.29) is 11.9 Å². The Kier molecular flexibility index (Phi) is 5.82. The molecule has 4 aromatic rings. The number of nitrogens with zero attached hydrogens (tertiary/aromatic N) is 4. The highest BCUT2D eigenvalue weighted by Crippen LogP contribution is 2.26. The second kappa shape index (κ2) is 8.67. The molecule has 0 aliphatic rings. The Labute approximate surface area is 172 Å². The highest BCUT2D eigenvalue weighted by Gasteiger charge is 2.19. The summed E-state index contributed by atoms with van der Waals surface area (Å²) in [6.45, 7) is 2.94. The van der Waals surface area contributed by atoms with E-state index in [0.717, 1.165) is 41.2 Å². The van der Waals surface area contributed by atoms with Gasteiger partial charge >= 0.3 is 0 Å². The molecular weight excluding hydrogens is 389 g/mol. The van der Waals surface area contributed by atoms with Gasteiger partial charge in [0.05, 0.1) is 16.6 Å². The van der Waals surface area contributed by atoms with E-state index in [0.29, 0.717) is 11.8 Å². The number of aromatic nitrogens is 4. The lowest BCUT2D eigenvalue weighted by Crippen LogP contribution is -2.24. The number of thiophene rings is 1. The van der Waals surface area contributed by atoms with E-state index in [1.807, 2.05) is 23.6 Å².